The zero-order valence-electron chi connectivity index (χ0n) is 34.2. The van der Waals surface area contributed by atoms with Crippen LogP contribution in [-0.2, 0) is 28.5 Å². The van der Waals surface area contributed by atoms with E-state index in [4.69, 9.17) is 25.1 Å². The first-order valence-electron chi connectivity index (χ1n) is 20.9. The molecule has 0 radical (unpaired) electrons. The summed E-state index contributed by atoms with van der Waals surface area (Å²) in [7, 11) is 0. The molecule has 0 aliphatic carbocycles. The van der Waals surface area contributed by atoms with Crippen molar-refractivity contribution in [3.63, 3.8) is 0 Å². The van der Waals surface area contributed by atoms with Crippen LogP contribution in [0.4, 0.5) is 0 Å². The van der Waals surface area contributed by atoms with Crippen molar-refractivity contribution < 1.29 is 38.7 Å². The molecule has 0 aliphatic heterocycles. The van der Waals surface area contributed by atoms with Gasteiger partial charge in [0, 0.05) is 13.0 Å². The lowest BCUT2D eigenvalue weighted by Crippen LogP contribution is -2.25. The Labute approximate surface area is 315 Å². The van der Waals surface area contributed by atoms with Crippen molar-refractivity contribution in [1.82, 2.24) is 0 Å². The maximum atomic E-state index is 11.5. The Morgan fingerprint density at radius 2 is 1.06 bits per heavy atom. The van der Waals surface area contributed by atoms with Crippen molar-refractivity contribution in [3.8, 4) is 0 Å². The fraction of sp³-hybridized carbons (Fsp3) is 0.905. The van der Waals surface area contributed by atoms with Gasteiger partial charge in [0.05, 0.1) is 39.1 Å². The average Bonchev–Trinajstić information content (AvgIpc) is 3.14. The first kappa shape index (κ1) is 53.8. The number of nitrogens with two attached hydrogens (primary N) is 1. The lowest BCUT2D eigenvalue weighted by molar-refractivity contribution is -0.153. The summed E-state index contributed by atoms with van der Waals surface area (Å²) < 4.78 is 19.8. The van der Waals surface area contributed by atoms with E-state index in [1.165, 1.54) is 128 Å². The Bertz CT molecular complexity index is 694. The SMILES string of the molecule is CC=C(C)C(O)COCCOCCN.CCCCCCCCCCCCCC.CCCCCCCCCCCCCC(=O)OCC(CO)OC=O. The molecule has 0 spiro atoms. The van der Waals surface area contributed by atoms with E-state index in [0.717, 1.165) is 24.8 Å². The van der Waals surface area contributed by atoms with Gasteiger partial charge in [-0.25, -0.2) is 0 Å². The molecule has 306 valence electrons. The van der Waals surface area contributed by atoms with Crippen LogP contribution in [0.1, 0.15) is 189 Å². The minimum atomic E-state index is -0.756. The zero-order valence-corrected chi connectivity index (χ0v) is 34.2. The number of aliphatic hydroxyl groups is 2. The third-order valence-electron chi connectivity index (χ3n) is 8.71. The molecule has 0 aromatic rings. The fourth-order valence-corrected chi connectivity index (χ4v) is 5.14. The van der Waals surface area contributed by atoms with Crippen LogP contribution in [0.25, 0.3) is 0 Å². The van der Waals surface area contributed by atoms with E-state index in [-0.39, 0.29) is 25.7 Å². The molecule has 0 aliphatic rings. The summed E-state index contributed by atoms with van der Waals surface area (Å²) in [4.78, 5) is 21.6. The van der Waals surface area contributed by atoms with Gasteiger partial charge in [0.2, 0.25) is 0 Å². The molecule has 0 heterocycles. The monoisotopic (exact) mass is 732 g/mol. The quantitative estimate of drug-likeness (QED) is 0.0249. The van der Waals surface area contributed by atoms with Crippen LogP contribution in [0.3, 0.4) is 0 Å². The minimum absolute atomic E-state index is 0.0773. The number of rotatable bonds is 36. The summed E-state index contributed by atoms with van der Waals surface area (Å²) in [5.74, 6) is -0.297. The maximum absolute atomic E-state index is 11.5. The van der Waals surface area contributed by atoms with Crippen LogP contribution in [0.5, 0.6) is 0 Å². The lowest BCUT2D eigenvalue weighted by atomic mass is 10.1. The van der Waals surface area contributed by atoms with E-state index in [9.17, 15) is 14.7 Å². The molecule has 2 unspecified atom stereocenters. The zero-order chi connectivity index (χ0) is 38.5. The molecule has 0 rings (SSSR count). The predicted octanol–water partition coefficient (Wildman–Crippen LogP) is 9.78. The van der Waals surface area contributed by atoms with E-state index in [2.05, 4.69) is 25.5 Å². The molecule has 0 bridgehead atoms. The summed E-state index contributed by atoms with van der Waals surface area (Å²) in [6.07, 6.45) is 32.0. The Hall–Kier alpha value is -1.52. The second kappa shape index (κ2) is 48.5. The second-order valence-electron chi connectivity index (χ2n) is 13.6. The number of esters is 1. The summed E-state index contributed by atoms with van der Waals surface area (Å²) in [5, 5.41) is 18.3. The van der Waals surface area contributed by atoms with Gasteiger partial charge in [0.15, 0.2) is 6.10 Å². The Morgan fingerprint density at radius 3 is 1.43 bits per heavy atom. The highest BCUT2D eigenvalue weighted by Crippen LogP contribution is 2.13. The first-order valence-corrected chi connectivity index (χ1v) is 20.9. The van der Waals surface area contributed by atoms with Gasteiger partial charge >= 0.3 is 5.97 Å². The highest BCUT2D eigenvalue weighted by Gasteiger charge is 2.11. The average molecular weight is 732 g/mol. The predicted molar refractivity (Wildman–Crippen MR) is 213 cm³/mol. The van der Waals surface area contributed by atoms with E-state index in [0.29, 0.717) is 39.4 Å². The standard InChI is InChI=1S/C18H34O5.C14H30.C10H21NO3/c1-2-3-4-5-6-7-8-9-10-11-12-13-18(21)22-15-17(14-19)23-16-20;1-3-5-7-9-11-13-14-12-10-8-6-4-2;1-3-9(2)10(12)8-14-7-6-13-5-4-11/h16-17,19H,2-15H2,1H3;3-14H2,1-2H3;3,10,12H,4-8,11H2,1-2H3. The third-order valence-corrected chi connectivity index (χ3v) is 8.71. The van der Waals surface area contributed by atoms with Crippen molar-refractivity contribution in [2.75, 3.05) is 46.2 Å². The van der Waals surface area contributed by atoms with Crippen molar-refractivity contribution in [3.05, 3.63) is 11.6 Å². The number of ether oxygens (including phenoxy) is 4. The van der Waals surface area contributed by atoms with Gasteiger partial charge in [-0.3, -0.25) is 9.59 Å². The van der Waals surface area contributed by atoms with Gasteiger partial charge in [-0.2, -0.15) is 0 Å². The van der Waals surface area contributed by atoms with Gasteiger partial charge in [-0.15, -0.1) is 0 Å². The highest BCUT2D eigenvalue weighted by molar-refractivity contribution is 5.69. The maximum Gasteiger partial charge on any atom is 0.305 e. The van der Waals surface area contributed by atoms with E-state index in [1.807, 2.05) is 19.9 Å². The van der Waals surface area contributed by atoms with Gasteiger partial charge in [-0.05, 0) is 25.8 Å². The molecule has 0 amide bonds. The largest absolute Gasteiger partial charge is 0.462 e. The summed E-state index contributed by atoms with van der Waals surface area (Å²) in [6, 6.07) is 0. The lowest BCUT2D eigenvalue weighted by Gasteiger charge is -2.12. The third kappa shape index (κ3) is 48.5. The number of hydrogen-bond acceptors (Lipinski definition) is 9. The Balaban J connectivity index is -0.000000714. The molecule has 9 heteroatoms. The van der Waals surface area contributed by atoms with Crippen LogP contribution in [-0.4, -0.2) is 81.0 Å². The topological polar surface area (TPSA) is 138 Å². The van der Waals surface area contributed by atoms with Crippen molar-refractivity contribution >= 4 is 12.4 Å². The number of hydrogen-bond donors (Lipinski definition) is 3. The molecular formula is C42H85NO8. The Morgan fingerprint density at radius 1 is 0.647 bits per heavy atom. The van der Waals surface area contributed by atoms with E-state index in [1.54, 1.807) is 0 Å². The molecule has 0 aromatic heterocycles. The van der Waals surface area contributed by atoms with E-state index < -0.39 is 12.2 Å². The molecule has 0 saturated carbocycles. The fourth-order valence-electron chi connectivity index (χ4n) is 5.14. The van der Waals surface area contributed by atoms with Gasteiger partial charge in [0.1, 0.15) is 6.61 Å². The number of unbranched alkanes of at least 4 members (excludes halogenated alkanes) is 21. The van der Waals surface area contributed by atoms with Crippen LogP contribution >= 0.6 is 0 Å². The van der Waals surface area contributed by atoms with Gasteiger partial charge in [-0.1, -0.05) is 168 Å². The van der Waals surface area contributed by atoms with Gasteiger partial charge < -0.3 is 34.9 Å². The van der Waals surface area contributed by atoms with Crippen molar-refractivity contribution in [2.24, 2.45) is 5.73 Å². The molecule has 0 saturated heterocycles. The number of allylic oxidation sites excluding steroid dienone is 1. The second-order valence-corrected chi connectivity index (χ2v) is 13.6. The number of aliphatic hydroxyl groups excluding tert-OH is 2. The first-order chi connectivity index (χ1) is 24.9. The Kier molecular flexibility index (Phi) is 51.2. The molecule has 9 nitrogen and oxygen atoms in total. The van der Waals surface area contributed by atoms with Crippen molar-refractivity contribution in [1.29, 1.82) is 0 Å². The van der Waals surface area contributed by atoms with Gasteiger partial charge in [0.25, 0.3) is 6.47 Å². The van der Waals surface area contributed by atoms with Crippen LogP contribution in [0, 0.1) is 0 Å². The molecule has 4 N–H and O–H groups in total. The van der Waals surface area contributed by atoms with Crippen molar-refractivity contribution in [2.45, 2.75) is 201 Å². The molecular weight excluding hydrogens is 646 g/mol. The van der Waals surface area contributed by atoms with Crippen LogP contribution < -0.4 is 5.73 Å². The van der Waals surface area contributed by atoms with E-state index >= 15 is 0 Å². The molecule has 0 fully saturated rings. The molecule has 0 aromatic carbocycles. The summed E-state index contributed by atoms with van der Waals surface area (Å²) in [6.45, 7) is 12.8. The van der Waals surface area contributed by atoms with Crippen LogP contribution in [0.15, 0.2) is 11.6 Å². The summed E-state index contributed by atoms with van der Waals surface area (Å²) >= 11 is 0. The smallest absolute Gasteiger partial charge is 0.305 e. The van der Waals surface area contributed by atoms with Crippen LogP contribution in [0.2, 0.25) is 0 Å². The normalized spacial score (nSPS) is 12.3. The molecule has 2 atom stereocenters. The highest BCUT2D eigenvalue weighted by atomic mass is 16.6. The summed E-state index contributed by atoms with van der Waals surface area (Å²) in [5.41, 5.74) is 6.16. The number of carbonyl (C=O) groups excluding carboxylic acids is 2. The molecule has 51 heavy (non-hydrogen) atoms. The minimum Gasteiger partial charge on any atom is -0.462 e. The number of carbonyl (C=O) groups is 2.